The van der Waals surface area contributed by atoms with Crippen LogP contribution >= 0.6 is 0 Å². The zero-order chi connectivity index (χ0) is 16.9. The topological polar surface area (TPSA) is 58.6 Å². The van der Waals surface area contributed by atoms with Gasteiger partial charge in [-0.05, 0) is 36.8 Å². The van der Waals surface area contributed by atoms with Crippen molar-refractivity contribution in [3.05, 3.63) is 65.7 Å². The standard InChI is InChI=1S/C19H20N2O3/c1-14(13-15-5-3-2-4-6-15)24-18(22)16-7-9-17(10-8-16)21-12-11-20-19(21)23/h2-10,14H,11-13H2,1H3,(H,20,23). The highest BCUT2D eigenvalue weighted by atomic mass is 16.5. The third-order valence-corrected chi connectivity index (χ3v) is 3.95. The Morgan fingerprint density at radius 1 is 1.17 bits per heavy atom. The number of esters is 1. The van der Waals surface area contributed by atoms with Gasteiger partial charge in [-0.2, -0.15) is 0 Å². The van der Waals surface area contributed by atoms with Crippen molar-refractivity contribution in [2.75, 3.05) is 18.0 Å². The van der Waals surface area contributed by atoms with Crippen LogP contribution in [0.3, 0.4) is 0 Å². The average Bonchev–Trinajstić information content (AvgIpc) is 3.02. The van der Waals surface area contributed by atoms with Crippen LogP contribution in [0.1, 0.15) is 22.8 Å². The number of benzene rings is 2. The summed E-state index contributed by atoms with van der Waals surface area (Å²) in [6.07, 6.45) is 0.474. The summed E-state index contributed by atoms with van der Waals surface area (Å²) in [7, 11) is 0. The molecule has 1 atom stereocenters. The molecule has 2 aromatic rings. The number of nitrogens with one attached hydrogen (secondary N) is 1. The summed E-state index contributed by atoms with van der Waals surface area (Å²) in [5.74, 6) is -0.351. The number of rotatable bonds is 5. The first-order valence-corrected chi connectivity index (χ1v) is 8.04. The SMILES string of the molecule is CC(Cc1ccccc1)OC(=O)c1ccc(N2CCNC2=O)cc1. The first-order valence-electron chi connectivity index (χ1n) is 8.04. The Hall–Kier alpha value is -2.82. The summed E-state index contributed by atoms with van der Waals surface area (Å²) < 4.78 is 5.49. The Labute approximate surface area is 141 Å². The molecule has 1 saturated heterocycles. The first kappa shape index (κ1) is 16.1. The number of nitrogens with zero attached hydrogens (tertiary/aromatic N) is 1. The van der Waals surface area contributed by atoms with Crippen molar-refractivity contribution in [1.82, 2.24) is 5.32 Å². The number of hydrogen-bond donors (Lipinski definition) is 1. The zero-order valence-corrected chi connectivity index (χ0v) is 13.6. The van der Waals surface area contributed by atoms with Crippen LogP contribution in [0.15, 0.2) is 54.6 Å². The van der Waals surface area contributed by atoms with Crippen LogP contribution in [0, 0.1) is 0 Å². The number of anilines is 1. The van der Waals surface area contributed by atoms with E-state index in [-0.39, 0.29) is 18.1 Å². The number of amides is 2. The molecule has 24 heavy (non-hydrogen) atoms. The van der Waals surface area contributed by atoms with E-state index < -0.39 is 0 Å². The van der Waals surface area contributed by atoms with Gasteiger partial charge in [-0.25, -0.2) is 9.59 Å². The Morgan fingerprint density at radius 3 is 2.50 bits per heavy atom. The normalized spacial score (nSPS) is 15.0. The van der Waals surface area contributed by atoms with Crippen LogP contribution < -0.4 is 10.2 Å². The van der Waals surface area contributed by atoms with Crippen LogP contribution in [0.2, 0.25) is 0 Å². The Bertz CT molecular complexity index is 713. The van der Waals surface area contributed by atoms with Gasteiger partial charge in [-0.3, -0.25) is 4.90 Å². The van der Waals surface area contributed by atoms with Crippen LogP contribution in [0.4, 0.5) is 10.5 Å². The van der Waals surface area contributed by atoms with Gasteiger partial charge in [-0.15, -0.1) is 0 Å². The highest BCUT2D eigenvalue weighted by Crippen LogP contribution is 2.18. The van der Waals surface area contributed by atoms with Gasteiger partial charge in [0.05, 0.1) is 5.56 Å². The van der Waals surface area contributed by atoms with Crippen LogP contribution in [-0.4, -0.2) is 31.2 Å². The Balaban J connectivity index is 1.59. The van der Waals surface area contributed by atoms with E-state index in [1.165, 1.54) is 0 Å². The molecule has 1 aliphatic heterocycles. The first-order chi connectivity index (χ1) is 11.6. The molecule has 0 aromatic heterocycles. The summed E-state index contributed by atoms with van der Waals surface area (Å²) >= 11 is 0. The lowest BCUT2D eigenvalue weighted by molar-refractivity contribution is 0.0343. The van der Waals surface area contributed by atoms with Gasteiger partial charge in [0.2, 0.25) is 0 Å². The number of carbonyl (C=O) groups is 2. The van der Waals surface area contributed by atoms with E-state index in [4.69, 9.17) is 4.74 Å². The minimum absolute atomic E-state index is 0.109. The smallest absolute Gasteiger partial charge is 0.338 e. The van der Waals surface area contributed by atoms with E-state index >= 15 is 0 Å². The van der Waals surface area contributed by atoms with Crippen molar-refractivity contribution in [3.63, 3.8) is 0 Å². The van der Waals surface area contributed by atoms with Crippen LogP contribution in [-0.2, 0) is 11.2 Å². The van der Waals surface area contributed by atoms with Gasteiger partial charge in [0, 0.05) is 25.2 Å². The fourth-order valence-corrected chi connectivity index (χ4v) is 2.73. The second kappa shape index (κ2) is 7.17. The van der Waals surface area contributed by atoms with Crippen molar-refractivity contribution in [1.29, 1.82) is 0 Å². The number of ether oxygens (including phenoxy) is 1. The lowest BCUT2D eigenvalue weighted by Crippen LogP contribution is -2.27. The van der Waals surface area contributed by atoms with Crippen molar-refractivity contribution >= 4 is 17.7 Å². The van der Waals surface area contributed by atoms with Crippen molar-refractivity contribution < 1.29 is 14.3 Å². The molecule has 2 aromatic carbocycles. The molecule has 3 rings (SSSR count). The van der Waals surface area contributed by atoms with Crippen LogP contribution in [0.25, 0.3) is 0 Å². The fourth-order valence-electron chi connectivity index (χ4n) is 2.73. The largest absolute Gasteiger partial charge is 0.459 e. The van der Waals surface area contributed by atoms with Crippen LogP contribution in [0.5, 0.6) is 0 Å². The molecule has 0 saturated carbocycles. The molecule has 124 valence electrons. The minimum atomic E-state index is -0.351. The predicted molar refractivity (Wildman–Crippen MR) is 92.2 cm³/mol. The number of carbonyl (C=O) groups excluding carboxylic acids is 2. The lowest BCUT2D eigenvalue weighted by Gasteiger charge is -2.16. The molecule has 0 bridgehead atoms. The summed E-state index contributed by atoms with van der Waals surface area (Å²) in [5.41, 5.74) is 2.39. The van der Waals surface area contributed by atoms with Gasteiger partial charge < -0.3 is 10.1 Å². The van der Waals surface area contributed by atoms with Crippen molar-refractivity contribution in [3.8, 4) is 0 Å². The summed E-state index contributed by atoms with van der Waals surface area (Å²) in [4.78, 5) is 25.5. The fraction of sp³-hybridized carbons (Fsp3) is 0.263. The molecule has 2 amide bonds. The van der Waals surface area contributed by atoms with E-state index in [1.807, 2.05) is 37.3 Å². The minimum Gasteiger partial charge on any atom is -0.459 e. The average molecular weight is 324 g/mol. The maximum atomic E-state index is 12.2. The van der Waals surface area contributed by atoms with Gasteiger partial charge >= 0.3 is 12.0 Å². The molecular weight excluding hydrogens is 304 g/mol. The summed E-state index contributed by atoms with van der Waals surface area (Å²) in [6.45, 7) is 3.16. The van der Waals surface area contributed by atoms with E-state index in [0.29, 0.717) is 25.1 Å². The third-order valence-electron chi connectivity index (χ3n) is 3.95. The van der Waals surface area contributed by atoms with Gasteiger partial charge in [0.1, 0.15) is 6.10 Å². The predicted octanol–water partition coefficient (Wildman–Crippen LogP) is 3.00. The third kappa shape index (κ3) is 3.74. The van der Waals surface area contributed by atoms with E-state index in [9.17, 15) is 9.59 Å². The highest BCUT2D eigenvalue weighted by Gasteiger charge is 2.21. The summed E-state index contributed by atoms with van der Waals surface area (Å²) in [6, 6.07) is 16.7. The number of hydrogen-bond acceptors (Lipinski definition) is 3. The molecule has 1 unspecified atom stereocenters. The van der Waals surface area contributed by atoms with E-state index in [0.717, 1.165) is 11.3 Å². The molecule has 1 N–H and O–H groups in total. The maximum absolute atomic E-state index is 12.2. The molecule has 1 fully saturated rings. The van der Waals surface area contributed by atoms with E-state index in [2.05, 4.69) is 5.32 Å². The van der Waals surface area contributed by atoms with Gasteiger partial charge in [0.15, 0.2) is 0 Å². The quantitative estimate of drug-likeness (QED) is 0.860. The molecule has 1 heterocycles. The number of urea groups is 1. The molecule has 0 radical (unpaired) electrons. The molecule has 5 nitrogen and oxygen atoms in total. The second-order valence-electron chi connectivity index (χ2n) is 5.84. The second-order valence-corrected chi connectivity index (χ2v) is 5.84. The Morgan fingerprint density at radius 2 is 1.88 bits per heavy atom. The molecule has 0 spiro atoms. The summed E-state index contributed by atoms with van der Waals surface area (Å²) in [5, 5.41) is 2.75. The van der Waals surface area contributed by atoms with Gasteiger partial charge in [0.25, 0.3) is 0 Å². The zero-order valence-electron chi connectivity index (χ0n) is 13.6. The van der Waals surface area contributed by atoms with Gasteiger partial charge in [-0.1, -0.05) is 30.3 Å². The molecule has 1 aliphatic rings. The maximum Gasteiger partial charge on any atom is 0.338 e. The molecule has 0 aliphatic carbocycles. The lowest BCUT2D eigenvalue weighted by atomic mass is 10.1. The monoisotopic (exact) mass is 324 g/mol. The Kier molecular flexibility index (Phi) is 4.79. The molecular formula is C19H20N2O3. The molecule has 5 heteroatoms. The van der Waals surface area contributed by atoms with Crippen molar-refractivity contribution in [2.24, 2.45) is 0 Å². The highest BCUT2D eigenvalue weighted by molar-refractivity contribution is 5.95. The van der Waals surface area contributed by atoms with E-state index in [1.54, 1.807) is 29.2 Å². The van der Waals surface area contributed by atoms with Crippen molar-refractivity contribution in [2.45, 2.75) is 19.4 Å².